The average Bonchev–Trinajstić information content (AvgIpc) is 3.16. The van der Waals surface area contributed by atoms with E-state index < -0.39 is 0 Å². The highest BCUT2D eigenvalue weighted by atomic mass is 32.2. The fourth-order valence-corrected chi connectivity index (χ4v) is 2.44. The summed E-state index contributed by atoms with van der Waals surface area (Å²) < 4.78 is 5.70. The van der Waals surface area contributed by atoms with Gasteiger partial charge in [0.1, 0.15) is 5.40 Å². The topological polar surface area (TPSA) is 33.0 Å². The Hall–Kier alpha value is -0.980. The Labute approximate surface area is 113 Å². The maximum absolute atomic E-state index is 8.84. The van der Waals surface area contributed by atoms with Crippen molar-refractivity contribution in [1.82, 2.24) is 0 Å². The minimum absolute atomic E-state index is 0.247. The Bertz CT molecular complexity index is 405. The predicted molar refractivity (Wildman–Crippen MR) is 75.4 cm³/mol. The Morgan fingerprint density at radius 2 is 2.11 bits per heavy atom. The molecule has 3 heteroatoms. The molecule has 0 aliphatic heterocycles. The molecule has 0 heterocycles. The lowest BCUT2D eigenvalue weighted by Gasteiger charge is -2.13. The van der Waals surface area contributed by atoms with E-state index in [1.54, 1.807) is 0 Å². The first kappa shape index (κ1) is 13.5. The van der Waals surface area contributed by atoms with Gasteiger partial charge in [0, 0.05) is 11.9 Å². The van der Waals surface area contributed by atoms with Crippen LogP contribution in [0.3, 0.4) is 0 Å². The van der Waals surface area contributed by atoms with Crippen LogP contribution >= 0.6 is 11.8 Å². The molecule has 1 atom stereocenters. The van der Waals surface area contributed by atoms with Gasteiger partial charge < -0.3 is 4.74 Å². The monoisotopic (exact) mass is 261 g/mol. The molecule has 1 unspecified atom stereocenters. The van der Waals surface area contributed by atoms with Crippen LogP contribution in [0.1, 0.15) is 24.0 Å². The summed E-state index contributed by atoms with van der Waals surface area (Å²) in [5.41, 5.74) is 2.55. The Morgan fingerprint density at radius 1 is 1.39 bits per heavy atom. The van der Waals surface area contributed by atoms with Gasteiger partial charge in [-0.2, -0.15) is 5.26 Å². The zero-order valence-corrected chi connectivity index (χ0v) is 11.6. The fourth-order valence-electron chi connectivity index (χ4n) is 1.85. The van der Waals surface area contributed by atoms with Gasteiger partial charge in [0.15, 0.2) is 0 Å². The van der Waals surface area contributed by atoms with Crippen molar-refractivity contribution in [2.45, 2.75) is 31.4 Å². The number of aryl methyl sites for hydroxylation is 1. The van der Waals surface area contributed by atoms with Crippen LogP contribution in [-0.2, 0) is 11.2 Å². The molecule has 2 nitrogen and oxygen atoms in total. The molecule has 0 bridgehead atoms. The van der Waals surface area contributed by atoms with Crippen molar-refractivity contribution >= 4 is 11.8 Å². The van der Waals surface area contributed by atoms with Gasteiger partial charge in [-0.25, -0.2) is 0 Å². The molecule has 1 aromatic rings. The number of benzene rings is 1. The van der Waals surface area contributed by atoms with E-state index in [0.717, 1.165) is 18.9 Å². The summed E-state index contributed by atoms with van der Waals surface area (Å²) in [5, 5.41) is 11.3. The highest BCUT2D eigenvalue weighted by Crippen LogP contribution is 2.29. The second-order valence-electron chi connectivity index (χ2n) is 5.00. The van der Waals surface area contributed by atoms with E-state index in [0.29, 0.717) is 6.61 Å². The summed E-state index contributed by atoms with van der Waals surface area (Å²) >= 11 is 1.33. The van der Waals surface area contributed by atoms with Crippen LogP contribution in [0, 0.1) is 23.5 Å². The van der Waals surface area contributed by atoms with Crippen molar-refractivity contribution in [3.05, 3.63) is 35.4 Å². The summed E-state index contributed by atoms with van der Waals surface area (Å²) in [6.45, 7) is 3.64. The van der Waals surface area contributed by atoms with Crippen molar-refractivity contribution in [3.8, 4) is 5.40 Å². The summed E-state index contributed by atoms with van der Waals surface area (Å²) in [6.07, 6.45) is 3.53. The Balaban J connectivity index is 1.80. The van der Waals surface area contributed by atoms with Crippen LogP contribution in [0.25, 0.3) is 0 Å². The first-order valence-corrected chi connectivity index (χ1v) is 7.34. The molecule has 0 amide bonds. The van der Waals surface area contributed by atoms with Crippen LogP contribution in [-0.4, -0.2) is 18.5 Å². The molecule has 1 aromatic carbocycles. The van der Waals surface area contributed by atoms with Crippen LogP contribution < -0.4 is 0 Å². The van der Waals surface area contributed by atoms with E-state index in [1.807, 2.05) is 0 Å². The highest BCUT2D eigenvalue weighted by Gasteiger charge is 2.22. The molecule has 0 radical (unpaired) electrons. The maximum Gasteiger partial charge on any atom is 0.133 e. The molecule has 96 valence electrons. The average molecular weight is 261 g/mol. The van der Waals surface area contributed by atoms with Gasteiger partial charge in [0.05, 0.1) is 6.61 Å². The summed E-state index contributed by atoms with van der Waals surface area (Å²) in [7, 11) is 0. The largest absolute Gasteiger partial charge is 0.380 e. The third-order valence-electron chi connectivity index (χ3n) is 3.16. The molecule has 1 saturated carbocycles. The van der Waals surface area contributed by atoms with E-state index in [4.69, 9.17) is 10.00 Å². The molecular weight excluding hydrogens is 242 g/mol. The highest BCUT2D eigenvalue weighted by molar-refractivity contribution is 8.04. The van der Waals surface area contributed by atoms with Crippen molar-refractivity contribution in [2.24, 2.45) is 5.92 Å². The van der Waals surface area contributed by atoms with Gasteiger partial charge in [-0.1, -0.05) is 29.8 Å². The van der Waals surface area contributed by atoms with Crippen molar-refractivity contribution in [2.75, 3.05) is 13.2 Å². The van der Waals surface area contributed by atoms with Gasteiger partial charge >= 0.3 is 0 Å². The molecule has 0 N–H and O–H groups in total. The van der Waals surface area contributed by atoms with E-state index in [-0.39, 0.29) is 5.25 Å². The van der Waals surface area contributed by atoms with Gasteiger partial charge in [0.25, 0.3) is 0 Å². The van der Waals surface area contributed by atoms with Gasteiger partial charge in [-0.05, 0) is 49.4 Å². The minimum atomic E-state index is 0.247. The first-order chi connectivity index (χ1) is 8.78. The molecule has 2 rings (SSSR count). The lowest BCUT2D eigenvalue weighted by molar-refractivity contribution is 0.125. The number of nitrogens with zero attached hydrogens (tertiary/aromatic N) is 1. The van der Waals surface area contributed by atoms with Gasteiger partial charge in [-0.3, -0.25) is 0 Å². The second-order valence-corrected chi connectivity index (χ2v) is 6.09. The summed E-state index contributed by atoms with van der Waals surface area (Å²) in [6, 6.07) is 8.52. The van der Waals surface area contributed by atoms with Crippen LogP contribution in [0.2, 0.25) is 0 Å². The van der Waals surface area contributed by atoms with Crippen molar-refractivity contribution in [3.63, 3.8) is 0 Å². The normalized spacial score (nSPS) is 16.2. The fraction of sp³-hybridized carbons (Fsp3) is 0.533. The van der Waals surface area contributed by atoms with Crippen LogP contribution in [0.15, 0.2) is 24.3 Å². The molecule has 0 aromatic heterocycles. The number of hydrogen-bond acceptors (Lipinski definition) is 3. The Kier molecular flexibility index (Phi) is 5.10. The quantitative estimate of drug-likeness (QED) is 0.704. The van der Waals surface area contributed by atoms with Crippen molar-refractivity contribution in [1.29, 1.82) is 5.26 Å². The standard InChI is InChI=1S/C15H19NOS/c1-12-2-4-13(5-3-12)8-15(18-11-16)10-17-9-14-6-7-14/h2-5,14-15H,6-10H2,1H3. The smallest absolute Gasteiger partial charge is 0.133 e. The summed E-state index contributed by atoms with van der Waals surface area (Å²) in [5.74, 6) is 0.789. The molecule has 0 saturated heterocycles. The molecule has 1 fully saturated rings. The van der Waals surface area contributed by atoms with Crippen molar-refractivity contribution < 1.29 is 4.74 Å². The number of hydrogen-bond donors (Lipinski definition) is 0. The van der Waals surface area contributed by atoms with E-state index in [9.17, 15) is 0 Å². The minimum Gasteiger partial charge on any atom is -0.380 e. The molecular formula is C15H19NOS. The number of rotatable bonds is 7. The number of thiocyanates is 1. The van der Waals surface area contributed by atoms with Crippen LogP contribution in [0.4, 0.5) is 0 Å². The molecule has 1 aliphatic rings. The SMILES string of the molecule is Cc1ccc(CC(COCC2CC2)SC#N)cc1. The van der Waals surface area contributed by atoms with E-state index in [1.165, 1.54) is 35.7 Å². The lowest BCUT2D eigenvalue weighted by Crippen LogP contribution is -2.15. The summed E-state index contributed by atoms with van der Waals surface area (Å²) in [4.78, 5) is 0. The number of thioether (sulfide) groups is 1. The van der Waals surface area contributed by atoms with Crippen LogP contribution in [0.5, 0.6) is 0 Å². The molecule has 0 spiro atoms. The first-order valence-electron chi connectivity index (χ1n) is 6.46. The molecule has 18 heavy (non-hydrogen) atoms. The van der Waals surface area contributed by atoms with Gasteiger partial charge in [-0.15, -0.1) is 0 Å². The number of ether oxygens (including phenoxy) is 1. The number of nitriles is 1. The molecule has 1 aliphatic carbocycles. The maximum atomic E-state index is 8.84. The third kappa shape index (κ3) is 4.72. The zero-order valence-electron chi connectivity index (χ0n) is 10.8. The Morgan fingerprint density at radius 3 is 2.72 bits per heavy atom. The third-order valence-corrected chi connectivity index (χ3v) is 3.90. The zero-order chi connectivity index (χ0) is 12.8. The second kappa shape index (κ2) is 6.82. The van der Waals surface area contributed by atoms with E-state index in [2.05, 4.69) is 36.6 Å². The van der Waals surface area contributed by atoms with Gasteiger partial charge in [0.2, 0.25) is 0 Å². The van der Waals surface area contributed by atoms with E-state index >= 15 is 0 Å². The lowest BCUT2D eigenvalue weighted by atomic mass is 10.1. The predicted octanol–water partition coefficient (Wildman–Crippen LogP) is 3.55.